The van der Waals surface area contributed by atoms with Crippen LogP contribution in [0.3, 0.4) is 0 Å². The molecule has 134 valence electrons. The molecule has 1 aromatic carbocycles. The molecule has 2 heterocycles. The standard InChI is InChI=1S/C20H27N3O2/c1-15(2)7-10-22-12-9-21-20(25)18(22)13-19(24)23-11-8-16-5-3-4-6-17(16)14-23/h3-7,18H,8-14H2,1-2H3,(H,21,25). The summed E-state index contributed by atoms with van der Waals surface area (Å²) in [6, 6.07) is 7.91. The van der Waals surface area contributed by atoms with Crippen molar-refractivity contribution in [3.05, 3.63) is 47.0 Å². The zero-order valence-electron chi connectivity index (χ0n) is 15.1. The minimum atomic E-state index is -0.367. The first-order valence-corrected chi connectivity index (χ1v) is 9.04. The van der Waals surface area contributed by atoms with Crippen LogP contribution in [-0.2, 0) is 22.6 Å². The summed E-state index contributed by atoms with van der Waals surface area (Å²) >= 11 is 0. The third-order valence-corrected chi connectivity index (χ3v) is 5.03. The second-order valence-corrected chi connectivity index (χ2v) is 7.12. The fraction of sp³-hybridized carbons (Fsp3) is 0.500. The smallest absolute Gasteiger partial charge is 0.237 e. The average Bonchev–Trinajstić information content (AvgIpc) is 2.61. The van der Waals surface area contributed by atoms with Crippen molar-refractivity contribution < 1.29 is 9.59 Å². The van der Waals surface area contributed by atoms with Gasteiger partial charge < -0.3 is 10.2 Å². The van der Waals surface area contributed by atoms with E-state index in [0.717, 1.165) is 26.1 Å². The van der Waals surface area contributed by atoms with Crippen LogP contribution in [0, 0.1) is 0 Å². The number of amides is 2. The molecule has 1 N–H and O–H groups in total. The third kappa shape index (κ3) is 4.28. The van der Waals surface area contributed by atoms with Crippen molar-refractivity contribution in [2.75, 3.05) is 26.2 Å². The number of piperazine rings is 1. The van der Waals surface area contributed by atoms with Gasteiger partial charge in [-0.1, -0.05) is 35.9 Å². The number of fused-ring (bicyclic) bond motifs is 1. The highest BCUT2D eigenvalue weighted by molar-refractivity contribution is 5.89. The fourth-order valence-electron chi connectivity index (χ4n) is 3.51. The van der Waals surface area contributed by atoms with E-state index in [1.54, 1.807) is 0 Å². The zero-order chi connectivity index (χ0) is 17.8. The number of hydrogen-bond acceptors (Lipinski definition) is 3. The van der Waals surface area contributed by atoms with Crippen LogP contribution in [0.2, 0.25) is 0 Å². The lowest BCUT2D eigenvalue weighted by atomic mass is 9.99. The summed E-state index contributed by atoms with van der Waals surface area (Å²) in [5.41, 5.74) is 3.77. The molecule has 5 heteroatoms. The van der Waals surface area contributed by atoms with E-state index in [2.05, 4.69) is 42.3 Å². The molecule has 0 radical (unpaired) electrons. The van der Waals surface area contributed by atoms with Gasteiger partial charge in [0.15, 0.2) is 0 Å². The Labute approximate surface area is 149 Å². The molecular formula is C20H27N3O2. The van der Waals surface area contributed by atoms with E-state index in [1.807, 2.05) is 17.0 Å². The highest BCUT2D eigenvalue weighted by Gasteiger charge is 2.33. The van der Waals surface area contributed by atoms with Gasteiger partial charge in [-0.2, -0.15) is 0 Å². The van der Waals surface area contributed by atoms with Crippen LogP contribution in [0.5, 0.6) is 0 Å². The van der Waals surface area contributed by atoms with Crippen molar-refractivity contribution in [1.29, 1.82) is 0 Å². The van der Waals surface area contributed by atoms with Crippen molar-refractivity contribution in [2.45, 2.75) is 39.3 Å². The van der Waals surface area contributed by atoms with Crippen LogP contribution in [0.15, 0.2) is 35.9 Å². The maximum Gasteiger partial charge on any atom is 0.237 e. The number of rotatable bonds is 4. The van der Waals surface area contributed by atoms with Gasteiger partial charge in [-0.3, -0.25) is 14.5 Å². The molecule has 0 saturated carbocycles. The van der Waals surface area contributed by atoms with Gasteiger partial charge in [-0.25, -0.2) is 0 Å². The molecule has 0 aliphatic carbocycles. The Bertz CT molecular complexity index is 679. The van der Waals surface area contributed by atoms with Gasteiger partial charge in [-0.15, -0.1) is 0 Å². The summed E-state index contributed by atoms with van der Waals surface area (Å²) in [7, 11) is 0. The van der Waals surface area contributed by atoms with Gasteiger partial charge in [0.2, 0.25) is 11.8 Å². The van der Waals surface area contributed by atoms with E-state index in [0.29, 0.717) is 13.1 Å². The van der Waals surface area contributed by atoms with Crippen molar-refractivity contribution in [1.82, 2.24) is 15.1 Å². The Morgan fingerprint density at radius 1 is 1.24 bits per heavy atom. The first kappa shape index (κ1) is 17.7. The summed E-state index contributed by atoms with van der Waals surface area (Å²) in [4.78, 5) is 29.1. The second kappa shape index (κ2) is 7.83. The van der Waals surface area contributed by atoms with Gasteiger partial charge in [0.05, 0.1) is 12.5 Å². The van der Waals surface area contributed by atoms with Crippen molar-refractivity contribution in [3.63, 3.8) is 0 Å². The molecule has 2 amide bonds. The lowest BCUT2D eigenvalue weighted by Gasteiger charge is -2.36. The molecule has 0 aromatic heterocycles. The molecule has 0 spiro atoms. The maximum absolute atomic E-state index is 12.8. The molecule has 1 unspecified atom stereocenters. The minimum absolute atomic E-state index is 0.0286. The Hall–Kier alpha value is -2.14. The fourth-order valence-corrected chi connectivity index (χ4v) is 3.51. The van der Waals surface area contributed by atoms with Gasteiger partial charge >= 0.3 is 0 Å². The summed E-state index contributed by atoms with van der Waals surface area (Å²) in [6.45, 7) is 7.64. The number of nitrogens with one attached hydrogen (secondary N) is 1. The predicted octanol–water partition coefficient (Wildman–Crippen LogP) is 1.73. The first-order chi connectivity index (χ1) is 12.0. The van der Waals surface area contributed by atoms with Crippen LogP contribution < -0.4 is 5.32 Å². The largest absolute Gasteiger partial charge is 0.353 e. The topological polar surface area (TPSA) is 52.7 Å². The Morgan fingerprint density at radius 3 is 2.76 bits per heavy atom. The highest BCUT2D eigenvalue weighted by atomic mass is 16.2. The predicted molar refractivity (Wildman–Crippen MR) is 98.0 cm³/mol. The molecule has 2 aliphatic heterocycles. The van der Waals surface area contributed by atoms with Crippen LogP contribution in [0.4, 0.5) is 0 Å². The Balaban J connectivity index is 1.66. The molecule has 1 saturated heterocycles. The van der Waals surface area contributed by atoms with Crippen LogP contribution >= 0.6 is 0 Å². The molecular weight excluding hydrogens is 314 g/mol. The van der Waals surface area contributed by atoms with Crippen LogP contribution in [-0.4, -0.2) is 53.8 Å². The summed E-state index contributed by atoms with van der Waals surface area (Å²) in [6.07, 6.45) is 3.26. The van der Waals surface area contributed by atoms with E-state index in [1.165, 1.54) is 16.7 Å². The van der Waals surface area contributed by atoms with Gasteiger partial charge in [0.25, 0.3) is 0 Å². The van der Waals surface area contributed by atoms with Gasteiger partial charge in [-0.05, 0) is 31.4 Å². The number of allylic oxidation sites excluding steroid dienone is 1. The van der Waals surface area contributed by atoms with Gasteiger partial charge in [0.1, 0.15) is 0 Å². The summed E-state index contributed by atoms with van der Waals surface area (Å²) in [5.74, 6) is 0.0397. The average molecular weight is 341 g/mol. The SMILES string of the molecule is CC(C)=CCN1CCNC(=O)C1CC(=O)N1CCc2ccccc2C1. The monoisotopic (exact) mass is 341 g/mol. The van der Waals surface area contributed by atoms with E-state index >= 15 is 0 Å². The number of carbonyl (C=O) groups is 2. The minimum Gasteiger partial charge on any atom is -0.353 e. The van der Waals surface area contributed by atoms with E-state index < -0.39 is 0 Å². The molecule has 1 aromatic rings. The highest BCUT2D eigenvalue weighted by Crippen LogP contribution is 2.20. The van der Waals surface area contributed by atoms with E-state index in [4.69, 9.17) is 0 Å². The molecule has 5 nitrogen and oxygen atoms in total. The molecule has 3 rings (SSSR count). The van der Waals surface area contributed by atoms with E-state index in [9.17, 15) is 9.59 Å². The maximum atomic E-state index is 12.8. The van der Waals surface area contributed by atoms with Crippen LogP contribution in [0.1, 0.15) is 31.4 Å². The first-order valence-electron chi connectivity index (χ1n) is 9.04. The second-order valence-electron chi connectivity index (χ2n) is 7.12. The number of nitrogens with zero attached hydrogens (tertiary/aromatic N) is 2. The number of benzene rings is 1. The Kier molecular flexibility index (Phi) is 5.53. The lowest BCUT2D eigenvalue weighted by Crippen LogP contribution is -2.56. The van der Waals surface area contributed by atoms with Crippen molar-refractivity contribution in [2.24, 2.45) is 0 Å². The molecule has 2 aliphatic rings. The number of hydrogen-bond donors (Lipinski definition) is 1. The normalized spacial score (nSPS) is 20.6. The molecule has 0 bridgehead atoms. The molecule has 25 heavy (non-hydrogen) atoms. The Morgan fingerprint density at radius 2 is 2.00 bits per heavy atom. The number of carbonyl (C=O) groups excluding carboxylic acids is 2. The quantitative estimate of drug-likeness (QED) is 0.849. The summed E-state index contributed by atoms with van der Waals surface area (Å²) in [5, 5.41) is 2.90. The molecule has 1 atom stereocenters. The zero-order valence-corrected chi connectivity index (χ0v) is 15.1. The molecule has 1 fully saturated rings. The van der Waals surface area contributed by atoms with E-state index in [-0.39, 0.29) is 24.3 Å². The van der Waals surface area contributed by atoms with Crippen molar-refractivity contribution >= 4 is 11.8 Å². The van der Waals surface area contributed by atoms with Crippen LogP contribution in [0.25, 0.3) is 0 Å². The van der Waals surface area contributed by atoms with Crippen molar-refractivity contribution in [3.8, 4) is 0 Å². The lowest BCUT2D eigenvalue weighted by molar-refractivity contribution is -0.139. The summed E-state index contributed by atoms with van der Waals surface area (Å²) < 4.78 is 0. The third-order valence-electron chi connectivity index (χ3n) is 5.03. The van der Waals surface area contributed by atoms with Gasteiger partial charge in [0, 0.05) is 32.7 Å².